The third-order valence-electron chi connectivity index (χ3n) is 8.56. The van der Waals surface area contributed by atoms with E-state index in [0.29, 0.717) is 49.2 Å². The summed E-state index contributed by atoms with van der Waals surface area (Å²) in [5.41, 5.74) is 2.03. The lowest BCUT2D eigenvalue weighted by atomic mass is 9.97. The molecule has 0 saturated carbocycles. The van der Waals surface area contributed by atoms with Gasteiger partial charge in [0.05, 0.1) is 15.3 Å². The van der Waals surface area contributed by atoms with E-state index < -0.39 is 30.8 Å². The van der Waals surface area contributed by atoms with Crippen molar-refractivity contribution < 1.29 is 41.4 Å². The number of para-hydroxylation sites is 1. The average molecular weight is 748 g/mol. The summed E-state index contributed by atoms with van der Waals surface area (Å²) in [7, 11) is 2.10. The zero-order valence-electron chi connectivity index (χ0n) is 27.6. The molecule has 3 aromatic heterocycles. The fourth-order valence-corrected chi connectivity index (χ4v) is 7.20. The topological polar surface area (TPSA) is 113 Å². The Bertz CT molecular complexity index is 2010. The zero-order valence-corrected chi connectivity index (χ0v) is 29.2. The predicted octanol–water partition coefficient (Wildman–Crippen LogP) is 7.39. The molecule has 2 N–H and O–H groups in total. The van der Waals surface area contributed by atoms with E-state index >= 15 is 0 Å². The molecule has 2 aromatic carbocycles. The number of alkyl halides is 3. The van der Waals surface area contributed by atoms with Gasteiger partial charge in [-0.05, 0) is 48.9 Å². The molecule has 0 aliphatic carbocycles. The van der Waals surface area contributed by atoms with Crippen LogP contribution in [0.2, 0.25) is 5.02 Å². The molecular formula is C35H34ClF4N5O5S. The Morgan fingerprint density at radius 2 is 1.84 bits per heavy atom. The van der Waals surface area contributed by atoms with Gasteiger partial charge < -0.3 is 29.2 Å². The minimum atomic E-state index is -4.58. The van der Waals surface area contributed by atoms with Crippen LogP contribution < -0.4 is 14.8 Å². The van der Waals surface area contributed by atoms with Crippen molar-refractivity contribution in [2.75, 3.05) is 58.3 Å². The fraction of sp³-hybridized carbons (Fsp3) is 0.343. The molecule has 270 valence electrons. The monoisotopic (exact) mass is 747 g/mol. The maximum absolute atomic E-state index is 14.2. The maximum atomic E-state index is 14.2. The fourth-order valence-electron chi connectivity index (χ4n) is 5.87. The van der Waals surface area contributed by atoms with E-state index in [1.165, 1.54) is 48.0 Å². The number of anilines is 1. The van der Waals surface area contributed by atoms with Gasteiger partial charge in [-0.3, -0.25) is 4.90 Å². The number of fused-ring (bicyclic) bond motifs is 1. The van der Waals surface area contributed by atoms with E-state index in [4.69, 9.17) is 25.5 Å². The van der Waals surface area contributed by atoms with E-state index in [-0.39, 0.29) is 29.3 Å². The number of carboxylic acids is 1. The Morgan fingerprint density at radius 3 is 2.55 bits per heavy atom. The van der Waals surface area contributed by atoms with E-state index in [1.807, 2.05) is 13.0 Å². The molecule has 5 aromatic rings. The van der Waals surface area contributed by atoms with Gasteiger partial charge in [0.15, 0.2) is 6.61 Å². The van der Waals surface area contributed by atoms with E-state index in [9.17, 15) is 27.5 Å². The van der Waals surface area contributed by atoms with Crippen molar-refractivity contribution in [1.82, 2.24) is 19.8 Å². The Balaban J connectivity index is 1.35. The van der Waals surface area contributed by atoms with E-state index in [2.05, 4.69) is 32.1 Å². The summed E-state index contributed by atoms with van der Waals surface area (Å²) in [5.74, 6) is -0.539. The third-order valence-corrected chi connectivity index (χ3v) is 10.1. The molecular weight excluding hydrogens is 714 g/mol. The third kappa shape index (κ3) is 8.55. The number of aliphatic carboxylic acids is 1. The number of nitrogens with one attached hydrogen (secondary N) is 1. The van der Waals surface area contributed by atoms with Crippen LogP contribution in [0, 0.1) is 12.9 Å². The van der Waals surface area contributed by atoms with Crippen LogP contribution in [-0.2, 0) is 11.2 Å². The van der Waals surface area contributed by atoms with Crippen LogP contribution in [0.1, 0.15) is 11.1 Å². The molecule has 51 heavy (non-hydrogen) atoms. The van der Waals surface area contributed by atoms with Crippen LogP contribution in [0.15, 0.2) is 59.3 Å². The minimum absolute atomic E-state index is 0.0924. The van der Waals surface area contributed by atoms with Crippen LogP contribution in [0.25, 0.3) is 32.0 Å². The molecule has 1 aliphatic heterocycles. The number of hydrogen-bond donors (Lipinski definition) is 2. The molecule has 10 nitrogen and oxygen atoms in total. The van der Waals surface area contributed by atoms with Gasteiger partial charge in [-0.2, -0.15) is 17.6 Å². The first-order chi connectivity index (χ1) is 24.4. The Hall–Kier alpha value is -4.44. The van der Waals surface area contributed by atoms with Gasteiger partial charge in [-0.1, -0.05) is 35.9 Å². The number of furan rings is 1. The van der Waals surface area contributed by atoms with E-state index in [1.54, 1.807) is 12.1 Å². The van der Waals surface area contributed by atoms with Crippen LogP contribution in [0.3, 0.4) is 0 Å². The first-order valence-electron chi connectivity index (χ1n) is 16.0. The number of nitrogens with zero attached hydrogens (tertiary/aromatic N) is 4. The molecule has 4 heterocycles. The minimum Gasteiger partial charge on any atom is -0.491 e. The lowest BCUT2D eigenvalue weighted by molar-refractivity contribution is -0.153. The molecule has 16 heteroatoms. The van der Waals surface area contributed by atoms with Crippen molar-refractivity contribution in [2.24, 2.45) is 0 Å². The summed E-state index contributed by atoms with van der Waals surface area (Å²) in [6.45, 7) is 5.34. The standard InChI is InChI=1S/C35H34ClF4N5O5S/c1-20-22(7-8-25(30(20)36)48-16-15-45-13-11-44(2)12-14-45)28-29-32(41-19-42-33(29)51-31(28)26-9-10-27(37)50-26)43-23(34(46)47)17-21-5-3-4-6-24(21)49-18-35(38,39)40/h3-10,19,23H,11-18H2,1-2H3,(H,46,47)(H,41,42,43). The quantitative estimate of drug-likeness (QED) is 0.118. The maximum Gasteiger partial charge on any atom is 0.422 e. The van der Waals surface area contributed by atoms with Crippen LogP contribution in [-0.4, -0.2) is 96.0 Å². The first kappa shape index (κ1) is 36.4. The number of carbonyl (C=O) groups is 1. The number of benzene rings is 2. The highest BCUT2D eigenvalue weighted by molar-refractivity contribution is 7.22. The number of rotatable bonds is 13. The number of halogens is 5. The molecule has 1 saturated heterocycles. The average Bonchev–Trinajstić information content (AvgIpc) is 3.70. The number of thiophene rings is 1. The largest absolute Gasteiger partial charge is 0.491 e. The number of carboxylic acid groups (broad SMARTS) is 1. The summed E-state index contributed by atoms with van der Waals surface area (Å²) < 4.78 is 69.4. The summed E-state index contributed by atoms with van der Waals surface area (Å²) in [5, 5.41) is 14.0. The normalized spacial score (nSPS) is 14.9. The van der Waals surface area contributed by atoms with Gasteiger partial charge in [0.2, 0.25) is 0 Å². The van der Waals surface area contributed by atoms with Crippen molar-refractivity contribution >= 4 is 44.9 Å². The summed E-state index contributed by atoms with van der Waals surface area (Å²) in [4.78, 5) is 26.9. The first-order valence-corrected chi connectivity index (χ1v) is 17.2. The molecule has 0 bridgehead atoms. The second kappa shape index (κ2) is 15.4. The Morgan fingerprint density at radius 1 is 1.08 bits per heavy atom. The molecule has 1 fully saturated rings. The molecule has 1 aliphatic rings. The van der Waals surface area contributed by atoms with Crippen LogP contribution in [0.4, 0.5) is 23.4 Å². The number of likely N-dealkylation sites (N-methyl/N-ethyl adjacent to an activating group) is 1. The summed E-state index contributed by atoms with van der Waals surface area (Å²) in [6.07, 6.45) is -3.56. The van der Waals surface area contributed by atoms with E-state index in [0.717, 1.165) is 32.7 Å². The molecule has 1 atom stereocenters. The number of hydrogen-bond acceptors (Lipinski definition) is 10. The SMILES string of the molecule is Cc1c(-c2c(-c3ccc(F)o3)sc3ncnc(NC(Cc4ccccc4OCC(F)(F)F)C(=O)O)c23)ccc(OCCN2CCN(C)CC2)c1Cl. The van der Waals surface area contributed by atoms with Gasteiger partial charge in [-0.25, -0.2) is 14.8 Å². The van der Waals surface area contributed by atoms with Gasteiger partial charge >= 0.3 is 12.1 Å². The molecule has 1 unspecified atom stereocenters. The highest BCUT2D eigenvalue weighted by atomic mass is 35.5. The second-order valence-corrected chi connectivity index (χ2v) is 13.5. The van der Waals surface area contributed by atoms with Gasteiger partial charge in [0.1, 0.15) is 46.9 Å². The molecule has 6 rings (SSSR count). The van der Waals surface area contributed by atoms with Crippen molar-refractivity contribution in [3.8, 4) is 33.3 Å². The van der Waals surface area contributed by atoms with Gasteiger partial charge in [0.25, 0.3) is 6.01 Å². The highest BCUT2D eigenvalue weighted by Gasteiger charge is 2.30. The summed E-state index contributed by atoms with van der Waals surface area (Å²) in [6, 6.07) is 10.0. The smallest absolute Gasteiger partial charge is 0.422 e. The summed E-state index contributed by atoms with van der Waals surface area (Å²) >= 11 is 8.09. The highest BCUT2D eigenvalue weighted by Crippen LogP contribution is 2.49. The van der Waals surface area contributed by atoms with Crippen molar-refractivity contribution in [3.63, 3.8) is 0 Å². The molecule has 0 amide bonds. The second-order valence-electron chi connectivity index (χ2n) is 12.1. The Kier molecular flexibility index (Phi) is 11.0. The van der Waals surface area contributed by atoms with Gasteiger partial charge in [0, 0.05) is 50.8 Å². The van der Waals surface area contributed by atoms with Crippen LogP contribution >= 0.6 is 22.9 Å². The zero-order chi connectivity index (χ0) is 36.3. The van der Waals surface area contributed by atoms with Crippen LogP contribution in [0.5, 0.6) is 11.5 Å². The molecule has 0 spiro atoms. The number of aromatic nitrogens is 2. The Labute approximate surface area is 299 Å². The van der Waals surface area contributed by atoms with Crippen molar-refractivity contribution in [2.45, 2.75) is 25.6 Å². The molecule has 0 radical (unpaired) electrons. The van der Waals surface area contributed by atoms with Crippen molar-refractivity contribution in [3.05, 3.63) is 77.0 Å². The number of ether oxygens (including phenoxy) is 2. The lowest BCUT2D eigenvalue weighted by Gasteiger charge is -2.32. The van der Waals surface area contributed by atoms with Crippen molar-refractivity contribution in [1.29, 1.82) is 0 Å². The number of piperazine rings is 1. The van der Waals surface area contributed by atoms with Gasteiger partial charge in [-0.15, -0.1) is 11.3 Å². The predicted molar refractivity (Wildman–Crippen MR) is 186 cm³/mol. The lowest BCUT2D eigenvalue weighted by Crippen LogP contribution is -2.45.